The lowest BCUT2D eigenvalue weighted by Crippen LogP contribution is -1.99. The summed E-state index contributed by atoms with van der Waals surface area (Å²) < 4.78 is 24.6. The molecule has 86 valence electrons. The Balaban J connectivity index is 2.64. The second-order valence-electron chi connectivity index (χ2n) is 4.36. The third-order valence-corrected chi connectivity index (χ3v) is 3.48. The monoisotopic (exact) mass is 237 g/mol. The van der Waals surface area contributed by atoms with Crippen LogP contribution in [0.5, 0.6) is 0 Å². The Morgan fingerprint density at radius 3 is 2.62 bits per heavy atom. The molecule has 0 N–H and O–H groups in total. The van der Waals surface area contributed by atoms with E-state index in [-0.39, 0.29) is 5.75 Å². The molecule has 0 radical (unpaired) electrons. The van der Waals surface area contributed by atoms with Gasteiger partial charge in [-0.3, -0.25) is 0 Å². The summed E-state index contributed by atoms with van der Waals surface area (Å²) in [5, 5.41) is 1.03. The van der Waals surface area contributed by atoms with Gasteiger partial charge in [0, 0.05) is 30.4 Å². The maximum absolute atomic E-state index is 11.3. The van der Waals surface area contributed by atoms with Crippen LogP contribution in [0.25, 0.3) is 10.9 Å². The van der Waals surface area contributed by atoms with Gasteiger partial charge in [-0.1, -0.05) is 12.1 Å². The van der Waals surface area contributed by atoms with Crippen LogP contribution in [0.2, 0.25) is 0 Å². The second kappa shape index (κ2) is 3.63. The molecular formula is C12H15NO2S. The van der Waals surface area contributed by atoms with E-state index >= 15 is 0 Å². The van der Waals surface area contributed by atoms with Crippen LogP contribution >= 0.6 is 0 Å². The molecule has 0 amide bonds. The van der Waals surface area contributed by atoms with Gasteiger partial charge in [-0.15, -0.1) is 0 Å². The van der Waals surface area contributed by atoms with E-state index in [2.05, 4.69) is 6.07 Å². The summed E-state index contributed by atoms with van der Waals surface area (Å²) in [5.74, 6) is 0.105. The molecule has 0 saturated heterocycles. The summed E-state index contributed by atoms with van der Waals surface area (Å²) in [6.45, 7) is 2.03. The first kappa shape index (κ1) is 11.2. The molecule has 0 aliphatic heterocycles. The number of rotatable bonds is 2. The van der Waals surface area contributed by atoms with Gasteiger partial charge in [0.05, 0.1) is 5.75 Å². The van der Waals surface area contributed by atoms with Crippen LogP contribution in [0.15, 0.2) is 24.4 Å². The highest BCUT2D eigenvalue weighted by molar-refractivity contribution is 7.89. The minimum Gasteiger partial charge on any atom is -0.350 e. The van der Waals surface area contributed by atoms with E-state index < -0.39 is 9.84 Å². The first-order valence-electron chi connectivity index (χ1n) is 5.09. The van der Waals surface area contributed by atoms with Crippen molar-refractivity contribution in [1.29, 1.82) is 0 Å². The molecule has 0 spiro atoms. The van der Waals surface area contributed by atoms with Crippen molar-refractivity contribution in [1.82, 2.24) is 4.57 Å². The summed E-state index contributed by atoms with van der Waals surface area (Å²) in [6, 6.07) is 6.07. The number of sulfone groups is 1. The van der Waals surface area contributed by atoms with Crippen LogP contribution in [-0.2, 0) is 22.6 Å². The van der Waals surface area contributed by atoms with Gasteiger partial charge < -0.3 is 4.57 Å². The smallest absolute Gasteiger partial charge is 0.151 e. The number of hydrogen-bond donors (Lipinski definition) is 0. The maximum atomic E-state index is 11.3. The number of aryl methyl sites for hydroxylation is 2. The molecule has 2 rings (SSSR count). The zero-order valence-corrected chi connectivity index (χ0v) is 10.5. The van der Waals surface area contributed by atoms with Crippen molar-refractivity contribution in [2.75, 3.05) is 6.26 Å². The lowest BCUT2D eigenvalue weighted by Gasteiger charge is -1.98. The van der Waals surface area contributed by atoms with E-state index in [1.165, 1.54) is 11.8 Å². The average Bonchev–Trinajstić information content (AvgIpc) is 2.40. The fourth-order valence-corrected chi connectivity index (χ4v) is 2.77. The van der Waals surface area contributed by atoms with E-state index in [0.717, 1.165) is 16.5 Å². The summed E-state index contributed by atoms with van der Waals surface area (Å²) in [5.41, 5.74) is 3.14. The van der Waals surface area contributed by atoms with Gasteiger partial charge in [0.1, 0.15) is 0 Å². The molecule has 0 unspecified atom stereocenters. The Morgan fingerprint density at radius 2 is 2.00 bits per heavy atom. The average molecular weight is 237 g/mol. The van der Waals surface area contributed by atoms with Gasteiger partial charge in [0.2, 0.25) is 0 Å². The number of aromatic nitrogens is 1. The van der Waals surface area contributed by atoms with E-state index in [1.807, 2.05) is 36.9 Å². The highest BCUT2D eigenvalue weighted by Crippen LogP contribution is 2.23. The van der Waals surface area contributed by atoms with E-state index in [4.69, 9.17) is 0 Å². The number of nitrogens with zero attached hydrogens (tertiary/aromatic N) is 1. The maximum Gasteiger partial charge on any atom is 0.151 e. The standard InChI is InChI=1S/C12H15NO2S/c1-9-4-5-11-10(8-16(3,14)15)7-13(2)12(11)6-9/h4-7H,8H2,1-3H3. The number of fused-ring (bicyclic) bond motifs is 1. The highest BCUT2D eigenvalue weighted by atomic mass is 32.2. The molecule has 0 atom stereocenters. The predicted molar refractivity (Wildman–Crippen MR) is 66.2 cm³/mol. The fraction of sp³-hybridized carbons (Fsp3) is 0.333. The second-order valence-corrected chi connectivity index (χ2v) is 6.50. The Labute approximate surface area is 95.6 Å². The predicted octanol–water partition coefficient (Wildman–Crippen LogP) is 2.03. The first-order chi connectivity index (χ1) is 7.37. The third kappa shape index (κ3) is 2.11. The molecule has 0 aliphatic rings. The molecular weight excluding hydrogens is 222 g/mol. The molecule has 2 aromatic rings. The van der Waals surface area contributed by atoms with Crippen molar-refractivity contribution in [3.05, 3.63) is 35.5 Å². The van der Waals surface area contributed by atoms with Crippen molar-refractivity contribution in [2.24, 2.45) is 7.05 Å². The van der Waals surface area contributed by atoms with Crippen LogP contribution in [0.1, 0.15) is 11.1 Å². The molecule has 0 fully saturated rings. The van der Waals surface area contributed by atoms with E-state index in [1.54, 1.807) is 0 Å². The number of hydrogen-bond acceptors (Lipinski definition) is 2. The van der Waals surface area contributed by atoms with Crippen LogP contribution in [0.4, 0.5) is 0 Å². The normalized spacial score (nSPS) is 12.2. The summed E-state index contributed by atoms with van der Waals surface area (Å²) in [7, 11) is -1.04. The molecule has 4 heteroatoms. The lowest BCUT2D eigenvalue weighted by molar-refractivity contribution is 0.601. The van der Waals surface area contributed by atoms with Crippen LogP contribution in [-0.4, -0.2) is 19.2 Å². The zero-order valence-electron chi connectivity index (χ0n) is 9.69. The van der Waals surface area contributed by atoms with Crippen molar-refractivity contribution in [3.8, 4) is 0 Å². The van der Waals surface area contributed by atoms with Crippen LogP contribution in [0, 0.1) is 6.92 Å². The molecule has 1 aromatic carbocycles. The largest absolute Gasteiger partial charge is 0.350 e. The van der Waals surface area contributed by atoms with Crippen molar-refractivity contribution in [3.63, 3.8) is 0 Å². The summed E-state index contributed by atoms with van der Waals surface area (Å²) in [4.78, 5) is 0. The van der Waals surface area contributed by atoms with Crippen molar-refractivity contribution >= 4 is 20.7 Å². The SMILES string of the molecule is Cc1ccc2c(CS(C)(=O)=O)cn(C)c2c1. The number of benzene rings is 1. The molecule has 0 aliphatic carbocycles. The summed E-state index contributed by atoms with van der Waals surface area (Å²) in [6.07, 6.45) is 3.16. The fourth-order valence-electron chi connectivity index (χ4n) is 1.98. The Morgan fingerprint density at radius 1 is 1.31 bits per heavy atom. The Kier molecular flexibility index (Phi) is 2.54. The molecule has 0 bridgehead atoms. The van der Waals surface area contributed by atoms with Crippen LogP contribution in [0.3, 0.4) is 0 Å². The summed E-state index contributed by atoms with van der Waals surface area (Å²) >= 11 is 0. The molecule has 1 heterocycles. The van der Waals surface area contributed by atoms with Gasteiger partial charge in [0.15, 0.2) is 9.84 Å². The highest BCUT2D eigenvalue weighted by Gasteiger charge is 2.11. The quantitative estimate of drug-likeness (QED) is 0.801. The topological polar surface area (TPSA) is 39.1 Å². The van der Waals surface area contributed by atoms with Gasteiger partial charge in [-0.2, -0.15) is 0 Å². The van der Waals surface area contributed by atoms with Gasteiger partial charge in [-0.25, -0.2) is 8.42 Å². The Hall–Kier alpha value is -1.29. The van der Waals surface area contributed by atoms with Gasteiger partial charge in [-0.05, 0) is 24.1 Å². The third-order valence-electron chi connectivity index (χ3n) is 2.65. The molecule has 16 heavy (non-hydrogen) atoms. The minimum atomic E-state index is -2.98. The molecule has 0 saturated carbocycles. The lowest BCUT2D eigenvalue weighted by atomic mass is 10.1. The van der Waals surface area contributed by atoms with Crippen molar-refractivity contribution in [2.45, 2.75) is 12.7 Å². The first-order valence-corrected chi connectivity index (χ1v) is 7.15. The van der Waals surface area contributed by atoms with E-state index in [0.29, 0.717) is 0 Å². The minimum absolute atomic E-state index is 0.105. The van der Waals surface area contributed by atoms with Gasteiger partial charge >= 0.3 is 0 Å². The van der Waals surface area contributed by atoms with Crippen molar-refractivity contribution < 1.29 is 8.42 Å². The Bertz CT molecular complexity index is 638. The molecule has 1 aromatic heterocycles. The zero-order chi connectivity index (χ0) is 11.9. The van der Waals surface area contributed by atoms with Crippen LogP contribution < -0.4 is 0 Å². The molecule has 3 nitrogen and oxygen atoms in total. The van der Waals surface area contributed by atoms with E-state index in [9.17, 15) is 8.42 Å². The van der Waals surface area contributed by atoms with Gasteiger partial charge in [0.25, 0.3) is 0 Å².